The molecule has 0 saturated heterocycles. The number of methoxy groups -OCH3 is 3. The SMILES string of the molecule is CCOC(C)(OCC)OCC.COCC(OC)OC. The lowest BCUT2D eigenvalue weighted by molar-refractivity contribution is -0.365. The quantitative estimate of drug-likeness (QED) is 0.571. The summed E-state index contributed by atoms with van der Waals surface area (Å²) in [7, 11) is 4.76. The molecule has 0 aromatic heterocycles. The molecule has 118 valence electrons. The second kappa shape index (κ2) is 14.2. The Morgan fingerprint density at radius 1 is 0.789 bits per heavy atom. The molecule has 0 saturated carbocycles. The Morgan fingerprint density at radius 3 is 1.32 bits per heavy atom. The molecule has 0 rings (SSSR count). The first kappa shape index (κ1) is 21.1. The van der Waals surface area contributed by atoms with Crippen LogP contribution < -0.4 is 0 Å². The molecular weight excluding hydrogens is 252 g/mol. The smallest absolute Gasteiger partial charge is 0.279 e. The van der Waals surface area contributed by atoms with Gasteiger partial charge in [0, 0.05) is 48.1 Å². The van der Waals surface area contributed by atoms with Crippen molar-refractivity contribution >= 4 is 0 Å². The summed E-state index contributed by atoms with van der Waals surface area (Å²) >= 11 is 0. The third kappa shape index (κ3) is 12.5. The minimum Gasteiger partial charge on any atom is -0.379 e. The zero-order chi connectivity index (χ0) is 15.1. The maximum atomic E-state index is 5.27. The van der Waals surface area contributed by atoms with Gasteiger partial charge in [0.1, 0.15) is 0 Å². The third-order valence-corrected chi connectivity index (χ3v) is 2.05. The summed E-state index contributed by atoms with van der Waals surface area (Å²) in [5.41, 5.74) is 0. The average Bonchev–Trinajstić information content (AvgIpc) is 2.37. The Balaban J connectivity index is 0. The van der Waals surface area contributed by atoms with Gasteiger partial charge < -0.3 is 28.4 Å². The molecule has 0 bridgehead atoms. The van der Waals surface area contributed by atoms with E-state index in [4.69, 9.17) is 28.4 Å². The molecular formula is C13H30O6. The van der Waals surface area contributed by atoms with E-state index >= 15 is 0 Å². The van der Waals surface area contributed by atoms with Crippen molar-refractivity contribution in [3.8, 4) is 0 Å². The van der Waals surface area contributed by atoms with Gasteiger partial charge in [-0.05, 0) is 20.8 Å². The fourth-order valence-corrected chi connectivity index (χ4v) is 1.28. The maximum absolute atomic E-state index is 5.27. The Morgan fingerprint density at radius 2 is 1.16 bits per heavy atom. The van der Waals surface area contributed by atoms with E-state index in [0.717, 1.165) is 0 Å². The van der Waals surface area contributed by atoms with Crippen LogP contribution in [0.25, 0.3) is 0 Å². The lowest BCUT2D eigenvalue weighted by Gasteiger charge is -2.27. The molecule has 0 aliphatic heterocycles. The summed E-state index contributed by atoms with van der Waals surface area (Å²) in [6.45, 7) is 9.78. The predicted molar refractivity (Wildman–Crippen MR) is 73.0 cm³/mol. The zero-order valence-corrected chi connectivity index (χ0v) is 13.4. The fourth-order valence-electron chi connectivity index (χ4n) is 1.28. The highest BCUT2D eigenvalue weighted by atomic mass is 16.9. The highest BCUT2D eigenvalue weighted by molar-refractivity contribution is 4.45. The minimum atomic E-state index is -0.849. The molecule has 19 heavy (non-hydrogen) atoms. The predicted octanol–water partition coefficient (Wildman–Crippen LogP) is 2.02. The van der Waals surface area contributed by atoms with Crippen molar-refractivity contribution in [1.82, 2.24) is 0 Å². The van der Waals surface area contributed by atoms with Crippen molar-refractivity contribution in [1.29, 1.82) is 0 Å². The lowest BCUT2D eigenvalue weighted by atomic mass is 10.6. The van der Waals surface area contributed by atoms with Crippen molar-refractivity contribution in [3.63, 3.8) is 0 Å². The van der Waals surface area contributed by atoms with Gasteiger partial charge in [-0.3, -0.25) is 0 Å². The topological polar surface area (TPSA) is 55.4 Å². The lowest BCUT2D eigenvalue weighted by Crippen LogP contribution is -2.35. The number of ether oxygens (including phenoxy) is 6. The Labute approximate surface area is 117 Å². The van der Waals surface area contributed by atoms with Crippen LogP contribution in [0.4, 0.5) is 0 Å². The molecule has 0 aromatic carbocycles. The summed E-state index contributed by atoms with van der Waals surface area (Å²) in [5.74, 6) is -0.849. The first-order valence-corrected chi connectivity index (χ1v) is 6.49. The molecule has 0 radical (unpaired) electrons. The summed E-state index contributed by atoms with van der Waals surface area (Å²) < 4.78 is 30.1. The van der Waals surface area contributed by atoms with E-state index in [0.29, 0.717) is 26.4 Å². The van der Waals surface area contributed by atoms with Crippen molar-refractivity contribution in [3.05, 3.63) is 0 Å². The van der Waals surface area contributed by atoms with Crippen LogP contribution in [0.5, 0.6) is 0 Å². The van der Waals surface area contributed by atoms with Gasteiger partial charge in [0.05, 0.1) is 6.61 Å². The standard InChI is InChI=1S/C8H18O3.C5H12O3/c1-5-9-8(4,10-6-2)11-7-3;1-6-4-5(7-2)8-3/h5-7H2,1-4H3;5H,4H2,1-3H3. The maximum Gasteiger partial charge on any atom is 0.279 e. The van der Waals surface area contributed by atoms with Gasteiger partial charge in [-0.15, -0.1) is 0 Å². The van der Waals surface area contributed by atoms with Crippen molar-refractivity contribution in [2.45, 2.75) is 40.0 Å². The summed E-state index contributed by atoms with van der Waals surface area (Å²) in [6, 6.07) is 0. The molecule has 0 atom stereocenters. The molecule has 6 nitrogen and oxygen atoms in total. The van der Waals surface area contributed by atoms with Gasteiger partial charge in [0.25, 0.3) is 5.97 Å². The number of rotatable bonds is 10. The first-order valence-electron chi connectivity index (χ1n) is 6.49. The van der Waals surface area contributed by atoms with Gasteiger partial charge >= 0.3 is 0 Å². The monoisotopic (exact) mass is 282 g/mol. The van der Waals surface area contributed by atoms with Gasteiger partial charge in [0.2, 0.25) is 0 Å². The van der Waals surface area contributed by atoms with Crippen LogP contribution in [-0.4, -0.2) is 60.0 Å². The molecule has 0 N–H and O–H groups in total. The van der Waals surface area contributed by atoms with Crippen LogP contribution in [0.2, 0.25) is 0 Å². The molecule has 0 unspecified atom stereocenters. The van der Waals surface area contributed by atoms with E-state index in [1.807, 2.05) is 20.8 Å². The number of hydrogen-bond acceptors (Lipinski definition) is 6. The molecule has 0 aliphatic rings. The Kier molecular flexibility index (Phi) is 15.7. The van der Waals surface area contributed by atoms with E-state index in [1.165, 1.54) is 0 Å². The van der Waals surface area contributed by atoms with E-state index in [1.54, 1.807) is 28.3 Å². The normalized spacial score (nSPS) is 11.4. The van der Waals surface area contributed by atoms with Crippen LogP contribution in [-0.2, 0) is 28.4 Å². The molecule has 0 aliphatic carbocycles. The van der Waals surface area contributed by atoms with Crippen LogP contribution in [0, 0.1) is 0 Å². The van der Waals surface area contributed by atoms with Crippen LogP contribution in [0.3, 0.4) is 0 Å². The van der Waals surface area contributed by atoms with Crippen LogP contribution >= 0.6 is 0 Å². The summed E-state index contributed by atoms with van der Waals surface area (Å²) in [6.07, 6.45) is -0.222. The summed E-state index contributed by atoms with van der Waals surface area (Å²) in [4.78, 5) is 0. The van der Waals surface area contributed by atoms with E-state index in [9.17, 15) is 0 Å². The second-order valence-corrected chi connectivity index (χ2v) is 3.52. The highest BCUT2D eigenvalue weighted by Crippen LogP contribution is 2.13. The van der Waals surface area contributed by atoms with Gasteiger partial charge in [0.15, 0.2) is 6.29 Å². The van der Waals surface area contributed by atoms with Crippen molar-refractivity contribution < 1.29 is 28.4 Å². The second-order valence-electron chi connectivity index (χ2n) is 3.52. The molecule has 0 heterocycles. The van der Waals surface area contributed by atoms with E-state index in [2.05, 4.69) is 0 Å². The Bertz CT molecular complexity index is 155. The molecule has 0 amide bonds. The zero-order valence-electron chi connectivity index (χ0n) is 13.4. The molecule has 0 fully saturated rings. The highest BCUT2D eigenvalue weighted by Gasteiger charge is 2.24. The Hall–Kier alpha value is -0.240. The first-order chi connectivity index (χ1) is 9.03. The average molecular weight is 282 g/mol. The van der Waals surface area contributed by atoms with Gasteiger partial charge in [-0.1, -0.05) is 0 Å². The third-order valence-electron chi connectivity index (χ3n) is 2.05. The number of hydrogen-bond donors (Lipinski definition) is 0. The van der Waals surface area contributed by atoms with Gasteiger partial charge in [-0.2, -0.15) is 0 Å². The largest absolute Gasteiger partial charge is 0.379 e. The fraction of sp³-hybridized carbons (Fsp3) is 1.00. The molecule has 6 heteroatoms. The molecule has 0 spiro atoms. The minimum absolute atomic E-state index is 0.222. The van der Waals surface area contributed by atoms with Gasteiger partial charge in [-0.25, -0.2) is 0 Å². The van der Waals surface area contributed by atoms with E-state index < -0.39 is 5.97 Å². The van der Waals surface area contributed by atoms with Crippen molar-refractivity contribution in [2.24, 2.45) is 0 Å². The van der Waals surface area contributed by atoms with E-state index in [-0.39, 0.29) is 6.29 Å². The molecule has 0 aromatic rings. The van der Waals surface area contributed by atoms with Crippen molar-refractivity contribution in [2.75, 3.05) is 47.8 Å². The van der Waals surface area contributed by atoms with Crippen LogP contribution in [0.1, 0.15) is 27.7 Å². The van der Waals surface area contributed by atoms with Crippen LogP contribution in [0.15, 0.2) is 0 Å². The summed E-state index contributed by atoms with van der Waals surface area (Å²) in [5, 5.41) is 0.